The number of likely N-dealkylation sites (tertiary alicyclic amines) is 1. The second kappa shape index (κ2) is 9.63. The van der Waals surface area contributed by atoms with Gasteiger partial charge in [-0.1, -0.05) is 72.8 Å². The fourth-order valence-electron chi connectivity index (χ4n) is 5.30. The minimum Gasteiger partial charge on any atom is -0.497 e. The van der Waals surface area contributed by atoms with Crippen molar-refractivity contribution in [1.82, 2.24) is 4.90 Å². The number of nitrogens with zero attached hydrogens (tertiary/aromatic N) is 1. The van der Waals surface area contributed by atoms with Crippen LogP contribution in [0.15, 0.2) is 84.9 Å². The van der Waals surface area contributed by atoms with Crippen LogP contribution in [0.4, 0.5) is 0 Å². The van der Waals surface area contributed by atoms with E-state index in [9.17, 15) is 14.7 Å². The molecule has 0 bridgehead atoms. The van der Waals surface area contributed by atoms with Gasteiger partial charge in [-0.15, -0.1) is 0 Å². The van der Waals surface area contributed by atoms with Crippen LogP contribution in [-0.2, 0) is 36.2 Å². The monoisotopic (exact) mass is 503 g/mol. The van der Waals surface area contributed by atoms with Crippen molar-refractivity contribution in [3.8, 4) is 5.75 Å². The van der Waals surface area contributed by atoms with Crippen LogP contribution in [0.5, 0.6) is 5.75 Å². The molecule has 1 unspecified atom stereocenters. The fourth-order valence-corrected chi connectivity index (χ4v) is 5.30. The predicted molar refractivity (Wildman–Crippen MR) is 133 cm³/mol. The van der Waals surface area contributed by atoms with Crippen molar-refractivity contribution in [2.24, 2.45) is 5.41 Å². The lowest BCUT2D eigenvalue weighted by atomic mass is 9.67. The lowest BCUT2D eigenvalue weighted by molar-refractivity contribution is -0.497. The van der Waals surface area contributed by atoms with E-state index in [-0.39, 0.29) is 26.1 Å². The Bertz CT molecular complexity index is 1270. The van der Waals surface area contributed by atoms with Gasteiger partial charge in [-0.2, -0.15) is 4.89 Å². The Morgan fingerprint density at radius 2 is 1.57 bits per heavy atom. The molecule has 8 heteroatoms. The average molecular weight is 504 g/mol. The minimum atomic E-state index is -2.25. The predicted octanol–water partition coefficient (Wildman–Crippen LogP) is 3.57. The summed E-state index contributed by atoms with van der Waals surface area (Å²) in [6, 6.07) is 25.6. The normalized spacial score (nSPS) is 27.0. The lowest BCUT2D eigenvalue weighted by Gasteiger charge is -2.48. The summed E-state index contributed by atoms with van der Waals surface area (Å²) in [7, 11) is 1.57. The van der Waals surface area contributed by atoms with Crippen LogP contribution in [0.3, 0.4) is 0 Å². The zero-order chi connectivity index (χ0) is 26.1. The molecule has 2 fully saturated rings. The Morgan fingerprint density at radius 3 is 2.19 bits per heavy atom. The molecular weight excluding hydrogens is 474 g/mol. The summed E-state index contributed by atoms with van der Waals surface area (Å²) in [5.74, 6) is -3.05. The van der Waals surface area contributed by atoms with Gasteiger partial charge >= 0.3 is 5.97 Å². The first-order valence-electron chi connectivity index (χ1n) is 12.2. The van der Waals surface area contributed by atoms with Gasteiger partial charge < -0.3 is 19.5 Å². The third-order valence-electron chi connectivity index (χ3n) is 7.20. The molecule has 2 aliphatic rings. The Hall–Kier alpha value is -3.72. The van der Waals surface area contributed by atoms with E-state index in [1.165, 1.54) is 4.90 Å². The summed E-state index contributed by atoms with van der Waals surface area (Å²) in [6.45, 7) is 1.62. The summed E-state index contributed by atoms with van der Waals surface area (Å²) in [6.07, 6.45) is -0.226. The van der Waals surface area contributed by atoms with E-state index in [4.69, 9.17) is 19.2 Å². The van der Waals surface area contributed by atoms with E-state index >= 15 is 0 Å². The molecule has 37 heavy (non-hydrogen) atoms. The maximum absolute atomic E-state index is 14.1. The topological polar surface area (TPSA) is 94.5 Å². The maximum Gasteiger partial charge on any atom is 0.327 e. The zero-order valence-electron chi connectivity index (χ0n) is 20.8. The molecule has 0 spiro atoms. The van der Waals surface area contributed by atoms with E-state index < -0.39 is 28.7 Å². The van der Waals surface area contributed by atoms with Crippen molar-refractivity contribution in [3.05, 3.63) is 102 Å². The number of aliphatic hydroxyl groups is 1. The highest BCUT2D eigenvalue weighted by atomic mass is 17.2. The number of methoxy groups -OCH3 is 1. The van der Waals surface area contributed by atoms with Crippen LogP contribution in [0, 0.1) is 5.41 Å². The molecule has 0 radical (unpaired) electrons. The van der Waals surface area contributed by atoms with Gasteiger partial charge in [0.2, 0.25) is 17.1 Å². The summed E-state index contributed by atoms with van der Waals surface area (Å²) in [4.78, 5) is 41.0. The fraction of sp³-hybridized carbons (Fsp3) is 0.310. The van der Waals surface area contributed by atoms with Gasteiger partial charge in [-0.25, -0.2) is 4.89 Å². The first kappa shape index (κ1) is 25.0. The largest absolute Gasteiger partial charge is 0.497 e. The summed E-state index contributed by atoms with van der Waals surface area (Å²) in [5.41, 5.74) is -1.33. The van der Waals surface area contributed by atoms with Crippen molar-refractivity contribution < 1.29 is 33.9 Å². The number of rotatable bonds is 7. The van der Waals surface area contributed by atoms with Crippen LogP contribution in [0.2, 0.25) is 0 Å². The molecule has 1 N–H and O–H groups in total. The van der Waals surface area contributed by atoms with Gasteiger partial charge in [-0.05, 0) is 35.7 Å². The van der Waals surface area contributed by atoms with Gasteiger partial charge in [0.1, 0.15) is 5.75 Å². The SMILES string of the molecule is CCOC(=O)[C@]12CC(c3ccccc3)(c3ccc(OC)cc3)OO[C@@]1(O)CN(Cc1ccccc1)C2=O. The molecule has 2 saturated heterocycles. The summed E-state index contributed by atoms with van der Waals surface area (Å²) in [5, 5.41) is 11.8. The first-order chi connectivity index (χ1) is 17.9. The maximum atomic E-state index is 14.1. The van der Waals surface area contributed by atoms with Gasteiger partial charge in [-0.3, -0.25) is 9.59 Å². The number of amides is 1. The number of carbonyl (C=O) groups is 2. The standard InChI is InChI=1S/C29H29NO7/c1-3-35-26(32)27-19-28(22-12-8-5-9-13-22,23-14-16-24(34-2)17-15-23)36-37-29(27,33)20-30(25(27)31)18-21-10-6-4-7-11-21/h4-17,33H,3,18-20H2,1-2H3/t27-,28?,29+/m1/s1. The molecule has 5 rings (SSSR count). The Morgan fingerprint density at radius 1 is 0.946 bits per heavy atom. The summed E-state index contributed by atoms with van der Waals surface area (Å²) >= 11 is 0. The van der Waals surface area contributed by atoms with Crippen LogP contribution >= 0.6 is 0 Å². The van der Waals surface area contributed by atoms with Crippen molar-refractivity contribution in [3.63, 3.8) is 0 Å². The highest BCUT2D eigenvalue weighted by Crippen LogP contribution is 2.57. The Balaban J connectivity index is 1.65. The smallest absolute Gasteiger partial charge is 0.327 e. The minimum absolute atomic E-state index is 0.0321. The van der Waals surface area contributed by atoms with Crippen molar-refractivity contribution in [2.45, 2.75) is 31.3 Å². The van der Waals surface area contributed by atoms with E-state index in [0.717, 1.165) is 5.56 Å². The molecule has 1 amide bonds. The quantitative estimate of drug-likeness (QED) is 0.299. The number of fused-ring (bicyclic) bond motifs is 1. The van der Waals surface area contributed by atoms with E-state index in [2.05, 4.69) is 0 Å². The van der Waals surface area contributed by atoms with Crippen LogP contribution in [0.25, 0.3) is 0 Å². The van der Waals surface area contributed by atoms with Crippen molar-refractivity contribution >= 4 is 11.9 Å². The van der Waals surface area contributed by atoms with Crippen LogP contribution < -0.4 is 4.74 Å². The highest BCUT2D eigenvalue weighted by Gasteiger charge is 2.76. The van der Waals surface area contributed by atoms with E-state index in [1.54, 1.807) is 38.3 Å². The molecule has 0 aromatic heterocycles. The zero-order valence-corrected chi connectivity index (χ0v) is 20.8. The molecule has 8 nitrogen and oxygen atoms in total. The molecule has 2 aliphatic heterocycles. The second-order valence-electron chi connectivity index (χ2n) is 9.32. The van der Waals surface area contributed by atoms with Crippen LogP contribution in [0.1, 0.15) is 30.0 Å². The summed E-state index contributed by atoms with van der Waals surface area (Å²) < 4.78 is 10.7. The second-order valence-corrected chi connectivity index (χ2v) is 9.32. The van der Waals surface area contributed by atoms with Crippen molar-refractivity contribution in [2.75, 3.05) is 20.3 Å². The van der Waals surface area contributed by atoms with Gasteiger partial charge in [0.25, 0.3) is 0 Å². The van der Waals surface area contributed by atoms with Gasteiger partial charge in [0.15, 0.2) is 5.60 Å². The Kier molecular flexibility index (Phi) is 6.49. The van der Waals surface area contributed by atoms with Gasteiger partial charge in [0, 0.05) is 13.0 Å². The molecule has 192 valence electrons. The van der Waals surface area contributed by atoms with Gasteiger partial charge in [0.05, 0.1) is 20.3 Å². The lowest BCUT2D eigenvalue weighted by Crippen LogP contribution is -2.64. The molecule has 3 atom stereocenters. The molecule has 0 saturated carbocycles. The molecule has 3 aromatic rings. The molecule has 0 aliphatic carbocycles. The van der Waals surface area contributed by atoms with Crippen LogP contribution in [-0.4, -0.2) is 47.9 Å². The number of carbonyl (C=O) groups excluding carboxylic acids is 2. The Labute approximate surface area is 215 Å². The molecular formula is C29H29NO7. The molecule has 2 heterocycles. The third-order valence-corrected chi connectivity index (χ3v) is 7.20. The number of hydrogen-bond acceptors (Lipinski definition) is 7. The third kappa shape index (κ3) is 3.98. The molecule has 3 aromatic carbocycles. The number of β-amino-alcohol motifs (C(OH)–C–C–N with tert-alkyl or cyclic N) is 1. The number of ether oxygens (including phenoxy) is 2. The number of esters is 1. The first-order valence-corrected chi connectivity index (χ1v) is 12.2. The van der Waals surface area contributed by atoms with Crippen molar-refractivity contribution in [1.29, 1.82) is 0 Å². The number of hydrogen-bond donors (Lipinski definition) is 1. The van der Waals surface area contributed by atoms with E-state index in [0.29, 0.717) is 16.9 Å². The van der Waals surface area contributed by atoms with E-state index in [1.807, 2.05) is 60.7 Å². The average Bonchev–Trinajstić information content (AvgIpc) is 3.16. The highest BCUT2D eigenvalue weighted by molar-refractivity contribution is 6.06. The number of benzene rings is 3.